The molecule has 3 heterocycles. The molecule has 6 rings (SSSR count). The summed E-state index contributed by atoms with van der Waals surface area (Å²) in [6.07, 6.45) is 14.9. The zero-order chi connectivity index (χ0) is 29.2. The number of nitrogens with one attached hydrogen (secondary N) is 3. The first-order valence-corrected chi connectivity index (χ1v) is 15.7. The highest BCUT2D eigenvalue weighted by atomic mass is 19.1. The van der Waals surface area contributed by atoms with E-state index in [4.69, 9.17) is 0 Å². The largest absolute Gasteiger partial charge is 0.339 e. The molecule has 3 aliphatic rings. The van der Waals surface area contributed by atoms with E-state index in [1.807, 2.05) is 13.8 Å². The van der Waals surface area contributed by atoms with E-state index in [1.54, 1.807) is 29.1 Å². The molecule has 0 bridgehead atoms. The molecule has 3 aliphatic carbocycles. The summed E-state index contributed by atoms with van der Waals surface area (Å²) in [6, 6.07) is 4.47. The Hall–Kier alpha value is -3.56. The topological polar surface area (TPSA) is 118 Å². The van der Waals surface area contributed by atoms with Gasteiger partial charge in [-0.1, -0.05) is 64.2 Å². The minimum absolute atomic E-state index is 0.00666. The average Bonchev–Trinajstić information content (AvgIpc) is 3.63. The standard InChI is InChI=1S/C32H42FN7O2/c1-19-27(20(2)39-38-19)24-15-16-26(35-30(24)33)36-32(42)29(37-31(41)25-17-18-34-40(25)23-13-14-23)28(21-9-5-3-6-10-21)22-11-7-4-8-12-22/h15-18,21-23,28-29H,3-14H2,1-2H3,(H,37,41)(H,38,39)(H,35,36,42). The van der Waals surface area contributed by atoms with Gasteiger partial charge in [-0.05, 0) is 62.6 Å². The number of carbonyl (C=O) groups is 2. The summed E-state index contributed by atoms with van der Waals surface area (Å²) >= 11 is 0. The van der Waals surface area contributed by atoms with Crippen LogP contribution in [-0.4, -0.2) is 42.8 Å². The van der Waals surface area contributed by atoms with E-state index in [2.05, 4.69) is 30.9 Å². The monoisotopic (exact) mass is 575 g/mol. The van der Waals surface area contributed by atoms with Gasteiger partial charge in [0.2, 0.25) is 11.9 Å². The lowest BCUT2D eigenvalue weighted by Gasteiger charge is -2.41. The van der Waals surface area contributed by atoms with Crippen molar-refractivity contribution in [1.29, 1.82) is 0 Å². The number of amides is 2. The van der Waals surface area contributed by atoms with Crippen LogP contribution in [0.25, 0.3) is 11.1 Å². The summed E-state index contributed by atoms with van der Waals surface area (Å²) in [5.74, 6) is -0.449. The Bertz CT molecular complexity index is 1380. The van der Waals surface area contributed by atoms with Gasteiger partial charge in [-0.3, -0.25) is 19.4 Å². The fourth-order valence-corrected chi connectivity index (χ4v) is 7.47. The van der Waals surface area contributed by atoms with Gasteiger partial charge in [0.25, 0.3) is 5.91 Å². The third kappa shape index (κ3) is 5.99. The first kappa shape index (κ1) is 28.6. The minimum Gasteiger partial charge on any atom is -0.339 e. The Labute approximate surface area is 246 Å². The molecule has 0 aromatic carbocycles. The fraction of sp³-hybridized carbons (Fsp3) is 0.594. The highest BCUT2D eigenvalue weighted by molar-refractivity contribution is 6.00. The van der Waals surface area contributed by atoms with Crippen LogP contribution in [0, 0.1) is 37.5 Å². The molecular weight excluding hydrogens is 533 g/mol. The number of halogens is 1. The summed E-state index contributed by atoms with van der Waals surface area (Å²) in [5, 5.41) is 17.5. The Morgan fingerprint density at radius 2 is 1.62 bits per heavy atom. The van der Waals surface area contributed by atoms with Crippen LogP contribution in [0.1, 0.15) is 105 Å². The molecule has 42 heavy (non-hydrogen) atoms. The van der Waals surface area contributed by atoms with Gasteiger partial charge in [0.1, 0.15) is 17.6 Å². The third-order valence-corrected chi connectivity index (χ3v) is 9.64. The number of carbonyl (C=O) groups excluding carboxylic acids is 2. The lowest BCUT2D eigenvalue weighted by Crippen LogP contribution is -2.53. The van der Waals surface area contributed by atoms with E-state index < -0.39 is 12.0 Å². The number of hydrogen-bond donors (Lipinski definition) is 3. The Morgan fingerprint density at radius 3 is 2.19 bits per heavy atom. The molecule has 10 heteroatoms. The van der Waals surface area contributed by atoms with Gasteiger partial charge in [0, 0.05) is 23.0 Å². The van der Waals surface area contributed by atoms with E-state index in [0.29, 0.717) is 34.4 Å². The van der Waals surface area contributed by atoms with Gasteiger partial charge < -0.3 is 10.6 Å². The van der Waals surface area contributed by atoms with Crippen LogP contribution in [0.15, 0.2) is 24.4 Å². The van der Waals surface area contributed by atoms with Crippen molar-refractivity contribution in [3.05, 3.63) is 47.4 Å². The first-order chi connectivity index (χ1) is 20.4. The molecule has 0 aliphatic heterocycles. The van der Waals surface area contributed by atoms with Crippen molar-refractivity contribution in [2.75, 3.05) is 5.32 Å². The zero-order valence-corrected chi connectivity index (χ0v) is 24.7. The van der Waals surface area contributed by atoms with Crippen molar-refractivity contribution in [1.82, 2.24) is 30.3 Å². The quantitative estimate of drug-likeness (QED) is 0.260. The van der Waals surface area contributed by atoms with Gasteiger partial charge in [-0.25, -0.2) is 4.98 Å². The molecular formula is C32H42FN7O2. The number of anilines is 1. The normalized spacial score (nSPS) is 19.1. The molecule has 9 nitrogen and oxygen atoms in total. The maximum absolute atomic E-state index is 15.3. The van der Waals surface area contributed by atoms with Crippen LogP contribution in [0.5, 0.6) is 0 Å². The number of aromatic nitrogens is 5. The molecule has 3 aromatic rings. The first-order valence-electron chi connectivity index (χ1n) is 15.7. The second kappa shape index (κ2) is 12.4. The van der Waals surface area contributed by atoms with Crippen LogP contribution in [0.3, 0.4) is 0 Å². The molecule has 3 fully saturated rings. The third-order valence-electron chi connectivity index (χ3n) is 9.64. The zero-order valence-electron chi connectivity index (χ0n) is 24.7. The molecule has 0 spiro atoms. The van der Waals surface area contributed by atoms with Crippen LogP contribution < -0.4 is 10.6 Å². The van der Waals surface area contributed by atoms with Crippen molar-refractivity contribution >= 4 is 17.6 Å². The number of rotatable bonds is 9. The molecule has 3 N–H and O–H groups in total. The van der Waals surface area contributed by atoms with Crippen molar-refractivity contribution in [2.24, 2.45) is 17.8 Å². The predicted octanol–water partition coefficient (Wildman–Crippen LogP) is 6.27. The summed E-state index contributed by atoms with van der Waals surface area (Å²) in [4.78, 5) is 32.1. The van der Waals surface area contributed by atoms with Crippen molar-refractivity contribution in [3.8, 4) is 11.1 Å². The summed E-state index contributed by atoms with van der Waals surface area (Å²) in [6.45, 7) is 3.65. The van der Waals surface area contributed by atoms with E-state index in [0.717, 1.165) is 69.9 Å². The van der Waals surface area contributed by atoms with Crippen molar-refractivity contribution in [3.63, 3.8) is 0 Å². The average molecular weight is 576 g/mol. The van der Waals surface area contributed by atoms with Crippen molar-refractivity contribution in [2.45, 2.75) is 103 Å². The molecule has 2 amide bonds. The Morgan fingerprint density at radius 1 is 0.952 bits per heavy atom. The molecule has 3 aromatic heterocycles. The molecule has 1 atom stereocenters. The smallest absolute Gasteiger partial charge is 0.270 e. The number of nitrogens with zero attached hydrogens (tertiary/aromatic N) is 4. The maximum Gasteiger partial charge on any atom is 0.270 e. The predicted molar refractivity (Wildman–Crippen MR) is 158 cm³/mol. The van der Waals surface area contributed by atoms with E-state index >= 15 is 4.39 Å². The lowest BCUT2D eigenvalue weighted by atomic mass is 9.66. The van der Waals surface area contributed by atoms with Gasteiger partial charge in [-0.15, -0.1) is 0 Å². The van der Waals surface area contributed by atoms with Gasteiger partial charge in [0.05, 0.1) is 11.7 Å². The lowest BCUT2D eigenvalue weighted by molar-refractivity contribution is -0.121. The Kier molecular flexibility index (Phi) is 8.40. The van der Waals surface area contributed by atoms with Gasteiger partial charge in [-0.2, -0.15) is 14.6 Å². The highest BCUT2D eigenvalue weighted by Gasteiger charge is 2.42. The summed E-state index contributed by atoms with van der Waals surface area (Å²) in [5.41, 5.74) is 2.92. The van der Waals surface area contributed by atoms with E-state index in [-0.39, 0.29) is 29.6 Å². The maximum atomic E-state index is 15.3. The number of hydrogen-bond acceptors (Lipinski definition) is 5. The number of aromatic amines is 1. The molecule has 0 radical (unpaired) electrons. The molecule has 224 valence electrons. The van der Waals surface area contributed by atoms with E-state index in [9.17, 15) is 9.59 Å². The van der Waals surface area contributed by atoms with Crippen LogP contribution in [-0.2, 0) is 4.79 Å². The minimum atomic E-state index is -0.755. The second-order valence-electron chi connectivity index (χ2n) is 12.5. The highest BCUT2D eigenvalue weighted by Crippen LogP contribution is 2.42. The molecule has 3 saturated carbocycles. The van der Waals surface area contributed by atoms with Gasteiger partial charge in [0.15, 0.2) is 0 Å². The molecule has 1 unspecified atom stereocenters. The van der Waals surface area contributed by atoms with Crippen molar-refractivity contribution < 1.29 is 14.0 Å². The van der Waals surface area contributed by atoms with Gasteiger partial charge >= 0.3 is 0 Å². The number of H-pyrrole nitrogens is 1. The summed E-state index contributed by atoms with van der Waals surface area (Å²) < 4.78 is 17.1. The van der Waals surface area contributed by atoms with Crippen LogP contribution in [0.2, 0.25) is 0 Å². The number of pyridine rings is 1. The van der Waals surface area contributed by atoms with Crippen LogP contribution >= 0.6 is 0 Å². The Balaban J connectivity index is 1.30. The summed E-state index contributed by atoms with van der Waals surface area (Å²) in [7, 11) is 0. The fourth-order valence-electron chi connectivity index (χ4n) is 7.47. The SMILES string of the molecule is Cc1n[nH]c(C)c1-c1ccc(NC(=O)C(NC(=O)c2ccnn2C2CC2)C(C2CCCCC2)C2CCCCC2)nc1F. The van der Waals surface area contributed by atoms with E-state index in [1.165, 1.54) is 12.8 Å². The molecule has 0 saturated heterocycles. The van der Waals surface area contributed by atoms with Crippen LogP contribution in [0.4, 0.5) is 10.2 Å². The second-order valence-corrected chi connectivity index (χ2v) is 12.5. The number of aryl methyl sites for hydroxylation is 2.